The molecule has 4 aliphatic rings. The Morgan fingerprint density at radius 3 is 2.51 bits per heavy atom. The second kappa shape index (κ2) is 11.9. The number of carboxylic acid groups (broad SMARTS) is 1. The number of halogens is 1. The minimum absolute atomic E-state index is 0.0158. The number of hydrogen-bond acceptors (Lipinski definition) is 8. The fourth-order valence-corrected chi connectivity index (χ4v) is 10.5. The van der Waals surface area contributed by atoms with Crippen LogP contribution in [-0.2, 0) is 31.0 Å². The van der Waals surface area contributed by atoms with E-state index in [1.165, 1.54) is 9.80 Å². The summed E-state index contributed by atoms with van der Waals surface area (Å²) in [6, 6.07) is 14.1. The first-order chi connectivity index (χ1) is 24.3. The number of phenols is 1. The number of benzene rings is 2. The maximum Gasteiger partial charge on any atom is 0.303 e. The van der Waals surface area contributed by atoms with E-state index < -0.39 is 46.9 Å². The lowest BCUT2D eigenvalue weighted by Gasteiger charge is -2.49. The van der Waals surface area contributed by atoms with Crippen LogP contribution in [0, 0.1) is 36.0 Å². The number of carbonyl (C=O) groups is 5. The molecule has 262 valence electrons. The van der Waals surface area contributed by atoms with Crippen molar-refractivity contribution in [3.8, 4) is 16.3 Å². The number of thiophene rings is 1. The maximum absolute atomic E-state index is 14.9. The van der Waals surface area contributed by atoms with Crippen LogP contribution in [0.25, 0.3) is 20.7 Å². The number of rotatable bonds is 7. The number of amides is 4. The van der Waals surface area contributed by atoms with Crippen molar-refractivity contribution in [1.29, 1.82) is 0 Å². The van der Waals surface area contributed by atoms with Crippen LogP contribution in [-0.4, -0.2) is 61.0 Å². The van der Waals surface area contributed by atoms with Crippen molar-refractivity contribution in [2.24, 2.45) is 36.1 Å². The Balaban J connectivity index is 1.20. The number of allylic oxidation sites excluding steroid dienone is 2. The van der Waals surface area contributed by atoms with Gasteiger partial charge in [0, 0.05) is 41.7 Å². The van der Waals surface area contributed by atoms with E-state index in [1.54, 1.807) is 53.4 Å². The summed E-state index contributed by atoms with van der Waals surface area (Å²) in [5.74, 6) is -5.34. The molecule has 2 aliphatic carbocycles. The number of likely N-dealkylation sites (tertiary alicyclic amines) is 1. The standard InChI is InChI=1S/C38H35ClN4O7S/c1-18-24-15-20(39)8-13-28(24)51-33(18)27-17-29(41(3)40-27)43-35(48)26-16-25-22(32(38(26,2)37(43)50)19-6-9-21(44)10-7-19)11-12-23-31(25)36(49)42(34(23)47)14-4-5-30(45)46/h6-11,13,15,17,23,25-26,31-32,44H,4-5,12,14,16H2,1-3H3,(H,45,46). The Morgan fingerprint density at radius 1 is 1.04 bits per heavy atom. The van der Waals surface area contributed by atoms with Crippen LogP contribution in [0.5, 0.6) is 5.75 Å². The zero-order valence-electron chi connectivity index (χ0n) is 28.1. The van der Waals surface area contributed by atoms with Gasteiger partial charge >= 0.3 is 5.97 Å². The van der Waals surface area contributed by atoms with Crippen molar-refractivity contribution in [2.45, 2.75) is 45.4 Å². The number of carbonyl (C=O) groups excluding carboxylic acids is 4. The SMILES string of the molecule is Cc1c(-c2cc(N3C(=O)C4CC5C(=CCC6C(=O)N(CCCC(=O)O)C(=O)C65)C(c5ccc(O)cc5)C4(C)C3=O)n(C)n2)sc2ccc(Cl)cc12. The number of aryl methyl sites for hydroxylation is 2. The van der Waals surface area contributed by atoms with E-state index in [4.69, 9.17) is 21.8 Å². The largest absolute Gasteiger partial charge is 0.508 e. The third-order valence-electron chi connectivity index (χ3n) is 11.6. The van der Waals surface area contributed by atoms with Gasteiger partial charge in [-0.15, -0.1) is 11.3 Å². The summed E-state index contributed by atoms with van der Waals surface area (Å²) in [7, 11) is 1.70. The van der Waals surface area contributed by atoms with E-state index in [-0.39, 0.29) is 49.3 Å². The first kappa shape index (κ1) is 33.3. The van der Waals surface area contributed by atoms with Crippen LogP contribution in [0.1, 0.15) is 49.7 Å². The van der Waals surface area contributed by atoms with Crippen molar-refractivity contribution >= 4 is 68.4 Å². The lowest BCUT2D eigenvalue weighted by atomic mass is 9.51. The fourth-order valence-electron chi connectivity index (χ4n) is 9.17. The predicted molar refractivity (Wildman–Crippen MR) is 190 cm³/mol. The zero-order chi connectivity index (χ0) is 36.1. The van der Waals surface area contributed by atoms with Gasteiger partial charge in [-0.25, -0.2) is 4.90 Å². The molecule has 2 aromatic heterocycles. The van der Waals surface area contributed by atoms with Crippen molar-refractivity contribution in [2.75, 3.05) is 11.4 Å². The Morgan fingerprint density at radius 2 is 1.78 bits per heavy atom. The van der Waals surface area contributed by atoms with Crippen molar-refractivity contribution in [3.63, 3.8) is 0 Å². The quantitative estimate of drug-likeness (QED) is 0.172. The molecule has 2 saturated heterocycles. The number of nitrogens with zero attached hydrogens (tertiary/aromatic N) is 4. The summed E-state index contributed by atoms with van der Waals surface area (Å²) in [4.78, 5) is 71.6. The lowest BCUT2D eigenvalue weighted by molar-refractivity contribution is -0.142. The third kappa shape index (κ3) is 4.90. The molecular formula is C38H35ClN4O7S. The number of carboxylic acids is 1. The van der Waals surface area contributed by atoms with Crippen molar-refractivity contribution in [1.82, 2.24) is 14.7 Å². The molecule has 2 N–H and O–H groups in total. The summed E-state index contributed by atoms with van der Waals surface area (Å²) < 4.78 is 2.59. The molecule has 4 aromatic rings. The zero-order valence-corrected chi connectivity index (χ0v) is 29.7. The number of aliphatic carboxylic acids is 1. The molecular weight excluding hydrogens is 692 g/mol. The average Bonchev–Trinajstić information content (AvgIpc) is 3.76. The number of aromatic nitrogens is 2. The molecule has 2 aromatic carbocycles. The molecule has 8 rings (SSSR count). The van der Waals surface area contributed by atoms with Gasteiger partial charge in [0.2, 0.25) is 23.6 Å². The Hall–Kier alpha value is -4.81. The van der Waals surface area contributed by atoms with Gasteiger partial charge in [0.05, 0.1) is 28.0 Å². The van der Waals surface area contributed by atoms with Crippen molar-refractivity contribution < 1.29 is 34.2 Å². The second-order valence-electron chi connectivity index (χ2n) is 14.3. The molecule has 2 aliphatic heterocycles. The Kier molecular flexibility index (Phi) is 7.77. The highest BCUT2D eigenvalue weighted by Crippen LogP contribution is 2.63. The highest BCUT2D eigenvalue weighted by molar-refractivity contribution is 7.22. The molecule has 1 saturated carbocycles. The normalized spacial score (nSPS) is 27.2. The highest BCUT2D eigenvalue weighted by atomic mass is 35.5. The topological polar surface area (TPSA) is 150 Å². The molecule has 4 heterocycles. The molecule has 51 heavy (non-hydrogen) atoms. The van der Waals surface area contributed by atoms with Gasteiger partial charge < -0.3 is 10.2 Å². The van der Waals surface area contributed by atoms with E-state index in [0.717, 1.165) is 31.7 Å². The smallest absolute Gasteiger partial charge is 0.303 e. The maximum atomic E-state index is 14.9. The van der Waals surface area contributed by atoms with Gasteiger partial charge in [-0.3, -0.25) is 33.6 Å². The fraction of sp³-hybridized carbons (Fsp3) is 0.368. The summed E-state index contributed by atoms with van der Waals surface area (Å²) in [6.45, 7) is 3.82. The molecule has 13 heteroatoms. The molecule has 11 nitrogen and oxygen atoms in total. The highest BCUT2D eigenvalue weighted by Gasteiger charge is 2.67. The number of phenolic OH excluding ortho intramolecular Hbond substituents is 1. The van der Waals surface area contributed by atoms with Gasteiger partial charge in [0.15, 0.2) is 0 Å². The van der Waals surface area contributed by atoms with Gasteiger partial charge in [0.1, 0.15) is 17.3 Å². The first-order valence-corrected chi connectivity index (χ1v) is 18.2. The van der Waals surface area contributed by atoms with Crippen LogP contribution in [0.15, 0.2) is 60.2 Å². The molecule has 3 fully saturated rings. The van der Waals surface area contributed by atoms with Crippen LogP contribution in [0.2, 0.25) is 5.02 Å². The summed E-state index contributed by atoms with van der Waals surface area (Å²) in [5, 5.41) is 25.7. The van der Waals surface area contributed by atoms with Crippen LogP contribution in [0.4, 0.5) is 5.82 Å². The van der Waals surface area contributed by atoms with Gasteiger partial charge in [0.25, 0.3) is 0 Å². The molecule has 6 unspecified atom stereocenters. The van der Waals surface area contributed by atoms with E-state index in [9.17, 15) is 29.1 Å². The predicted octanol–water partition coefficient (Wildman–Crippen LogP) is 6.06. The molecule has 0 bridgehead atoms. The summed E-state index contributed by atoms with van der Waals surface area (Å²) in [5.41, 5.74) is 1.92. The third-order valence-corrected chi connectivity index (χ3v) is 13.1. The van der Waals surface area contributed by atoms with Crippen LogP contribution in [0.3, 0.4) is 0 Å². The lowest BCUT2D eigenvalue weighted by Crippen LogP contribution is -2.48. The molecule has 4 amide bonds. The number of imide groups is 2. The van der Waals surface area contributed by atoms with Gasteiger partial charge in [-0.1, -0.05) is 35.4 Å². The van der Waals surface area contributed by atoms with Crippen LogP contribution >= 0.6 is 22.9 Å². The molecule has 0 radical (unpaired) electrons. The monoisotopic (exact) mass is 726 g/mol. The minimum atomic E-state index is -1.25. The number of fused-ring (bicyclic) bond motifs is 5. The average molecular weight is 727 g/mol. The van der Waals surface area contributed by atoms with E-state index in [1.807, 2.05) is 38.1 Å². The van der Waals surface area contributed by atoms with E-state index in [2.05, 4.69) is 0 Å². The molecule has 6 atom stereocenters. The van der Waals surface area contributed by atoms with E-state index >= 15 is 0 Å². The van der Waals surface area contributed by atoms with Crippen molar-refractivity contribution in [3.05, 3.63) is 76.3 Å². The van der Waals surface area contributed by atoms with Crippen LogP contribution < -0.4 is 4.90 Å². The second-order valence-corrected chi connectivity index (χ2v) is 15.8. The number of aromatic hydroxyl groups is 1. The molecule has 0 spiro atoms. The number of hydrogen-bond donors (Lipinski definition) is 2. The van der Waals surface area contributed by atoms with Gasteiger partial charge in [-0.2, -0.15) is 5.10 Å². The Bertz CT molecular complexity index is 2220. The minimum Gasteiger partial charge on any atom is -0.508 e. The first-order valence-electron chi connectivity index (χ1n) is 17.0. The van der Waals surface area contributed by atoms with E-state index in [0.29, 0.717) is 23.0 Å². The Labute approximate surface area is 302 Å². The summed E-state index contributed by atoms with van der Waals surface area (Å²) >= 11 is 7.84. The van der Waals surface area contributed by atoms with Gasteiger partial charge in [-0.05, 0) is 85.9 Å². The number of anilines is 1. The summed E-state index contributed by atoms with van der Waals surface area (Å²) in [6.07, 6.45) is 2.44.